The minimum Gasteiger partial charge on any atom is -0.491 e. The van der Waals surface area contributed by atoms with Crippen LogP contribution in [0.3, 0.4) is 0 Å². The predicted molar refractivity (Wildman–Crippen MR) is 116 cm³/mol. The first-order chi connectivity index (χ1) is 14.0. The molecule has 2 heterocycles. The molecular weight excluding hydrogens is 384 g/mol. The first kappa shape index (κ1) is 21.1. The van der Waals surface area contributed by atoms with Crippen molar-refractivity contribution in [3.63, 3.8) is 0 Å². The molecule has 0 fully saturated rings. The van der Waals surface area contributed by atoms with Gasteiger partial charge < -0.3 is 14.5 Å². The Kier molecular flexibility index (Phi) is 7.09. The Hall–Kier alpha value is -2.60. The fourth-order valence-corrected chi connectivity index (χ4v) is 4.50. The maximum absolute atomic E-state index is 13.1. The van der Waals surface area contributed by atoms with Crippen LogP contribution in [0.1, 0.15) is 35.4 Å². The number of carbonyl (C=O) groups excluding carboxylic acids is 2. The summed E-state index contributed by atoms with van der Waals surface area (Å²) in [6.45, 7) is 9.02. The van der Waals surface area contributed by atoms with E-state index in [4.69, 9.17) is 4.74 Å². The van der Waals surface area contributed by atoms with Crippen molar-refractivity contribution in [2.75, 3.05) is 26.2 Å². The zero-order valence-electron chi connectivity index (χ0n) is 17.1. The highest BCUT2D eigenvalue weighted by Crippen LogP contribution is 2.34. The number of benzene rings is 1. The van der Waals surface area contributed by atoms with Crippen LogP contribution in [0.4, 0.5) is 0 Å². The first-order valence-corrected chi connectivity index (χ1v) is 10.8. The summed E-state index contributed by atoms with van der Waals surface area (Å²) in [5.41, 5.74) is 2.33. The molecule has 0 saturated heterocycles. The van der Waals surface area contributed by atoms with Gasteiger partial charge in [0.1, 0.15) is 18.9 Å². The fraction of sp³-hybridized carbons (Fsp3) is 0.391. The second kappa shape index (κ2) is 9.74. The van der Waals surface area contributed by atoms with Crippen molar-refractivity contribution in [1.82, 2.24) is 9.80 Å². The van der Waals surface area contributed by atoms with Crippen LogP contribution >= 0.6 is 11.3 Å². The largest absolute Gasteiger partial charge is 0.491 e. The lowest BCUT2D eigenvalue weighted by molar-refractivity contribution is -0.142. The first-order valence-electron chi connectivity index (χ1n) is 9.97. The van der Waals surface area contributed by atoms with Crippen molar-refractivity contribution in [1.29, 1.82) is 0 Å². The van der Waals surface area contributed by atoms with Crippen LogP contribution in [0.15, 0.2) is 48.4 Å². The molecule has 0 saturated carbocycles. The Morgan fingerprint density at radius 3 is 2.76 bits per heavy atom. The van der Waals surface area contributed by atoms with Gasteiger partial charge in [-0.05, 0) is 42.5 Å². The molecule has 1 aromatic carbocycles. The standard InChI is InChI=1S/C23H28N2O3S/c1-4-12-24(22(26)5-2)15-23(27)25-13-10-21-19(11-14-29-21)20(25)16-28-18-8-6-17(3)7-9-18/h4,6-9,11,14,20H,1,5,10,12-13,15-16H2,2-3H3/t20-/m1/s1. The third-order valence-electron chi connectivity index (χ3n) is 5.17. The molecule has 3 rings (SSSR count). The van der Waals surface area contributed by atoms with Gasteiger partial charge in [-0.15, -0.1) is 17.9 Å². The van der Waals surface area contributed by atoms with Crippen molar-refractivity contribution < 1.29 is 14.3 Å². The Morgan fingerprint density at radius 1 is 1.31 bits per heavy atom. The van der Waals surface area contributed by atoms with E-state index in [0.717, 1.165) is 17.7 Å². The summed E-state index contributed by atoms with van der Waals surface area (Å²) < 4.78 is 6.04. The Bertz CT molecular complexity index is 859. The van der Waals surface area contributed by atoms with E-state index < -0.39 is 0 Å². The average molecular weight is 413 g/mol. The van der Waals surface area contributed by atoms with Gasteiger partial charge in [0, 0.05) is 24.4 Å². The zero-order chi connectivity index (χ0) is 20.8. The number of hydrogen-bond donors (Lipinski definition) is 0. The van der Waals surface area contributed by atoms with E-state index >= 15 is 0 Å². The second-order valence-corrected chi connectivity index (χ2v) is 8.19. The van der Waals surface area contributed by atoms with E-state index in [2.05, 4.69) is 18.0 Å². The lowest BCUT2D eigenvalue weighted by Gasteiger charge is -2.37. The topological polar surface area (TPSA) is 49.9 Å². The van der Waals surface area contributed by atoms with Crippen LogP contribution in [0.2, 0.25) is 0 Å². The van der Waals surface area contributed by atoms with Crippen molar-refractivity contribution >= 4 is 23.2 Å². The quantitative estimate of drug-likeness (QED) is 0.616. The SMILES string of the molecule is C=CCN(CC(=O)N1CCc2sccc2[C@H]1COc1ccc(C)cc1)C(=O)CC. The summed E-state index contributed by atoms with van der Waals surface area (Å²) in [5.74, 6) is 0.696. The molecule has 0 aliphatic carbocycles. The summed E-state index contributed by atoms with van der Waals surface area (Å²) in [7, 11) is 0. The number of hydrogen-bond acceptors (Lipinski definition) is 4. The molecule has 0 spiro atoms. The molecule has 2 amide bonds. The molecule has 2 aromatic rings. The van der Waals surface area contributed by atoms with Crippen molar-refractivity contribution in [3.05, 3.63) is 64.4 Å². The molecule has 0 N–H and O–H groups in total. The van der Waals surface area contributed by atoms with Crippen LogP contribution < -0.4 is 4.74 Å². The van der Waals surface area contributed by atoms with Crippen LogP contribution in [-0.4, -0.2) is 47.9 Å². The highest BCUT2D eigenvalue weighted by Gasteiger charge is 2.33. The van der Waals surface area contributed by atoms with Gasteiger partial charge in [0.15, 0.2) is 0 Å². The van der Waals surface area contributed by atoms with E-state index in [-0.39, 0.29) is 24.4 Å². The highest BCUT2D eigenvalue weighted by molar-refractivity contribution is 7.10. The normalized spacial score (nSPS) is 15.5. The Balaban J connectivity index is 1.76. The van der Waals surface area contributed by atoms with Crippen molar-refractivity contribution in [2.24, 2.45) is 0 Å². The summed E-state index contributed by atoms with van der Waals surface area (Å²) in [6.07, 6.45) is 2.87. The molecule has 5 nitrogen and oxygen atoms in total. The van der Waals surface area contributed by atoms with Gasteiger partial charge in [0.25, 0.3) is 0 Å². The Labute approximate surface area is 176 Å². The van der Waals surface area contributed by atoms with Gasteiger partial charge in [-0.25, -0.2) is 0 Å². The molecule has 154 valence electrons. The third-order valence-corrected chi connectivity index (χ3v) is 6.17. The van der Waals surface area contributed by atoms with Gasteiger partial charge in [-0.3, -0.25) is 9.59 Å². The molecule has 1 aliphatic heterocycles. The minimum atomic E-state index is -0.152. The van der Waals surface area contributed by atoms with Gasteiger partial charge in [-0.2, -0.15) is 0 Å². The molecule has 0 bridgehead atoms. The minimum absolute atomic E-state index is 0.0427. The lowest BCUT2D eigenvalue weighted by atomic mass is 10.0. The number of rotatable bonds is 8. The number of aryl methyl sites for hydroxylation is 1. The molecule has 1 atom stereocenters. The molecule has 0 radical (unpaired) electrons. The van der Waals surface area contributed by atoms with Crippen molar-refractivity contribution in [2.45, 2.75) is 32.7 Å². The molecule has 0 unspecified atom stereocenters. The zero-order valence-corrected chi connectivity index (χ0v) is 17.9. The number of amides is 2. The van der Waals surface area contributed by atoms with Crippen LogP contribution in [0.5, 0.6) is 5.75 Å². The monoisotopic (exact) mass is 412 g/mol. The van der Waals surface area contributed by atoms with E-state index in [9.17, 15) is 9.59 Å². The summed E-state index contributed by atoms with van der Waals surface area (Å²) in [5, 5.41) is 2.07. The molecule has 6 heteroatoms. The van der Waals surface area contributed by atoms with E-state index in [1.54, 1.807) is 29.2 Å². The van der Waals surface area contributed by atoms with E-state index in [1.807, 2.05) is 36.1 Å². The van der Waals surface area contributed by atoms with Crippen LogP contribution in [-0.2, 0) is 16.0 Å². The maximum atomic E-state index is 13.1. The van der Waals surface area contributed by atoms with Gasteiger partial charge in [0.05, 0.1) is 6.04 Å². The van der Waals surface area contributed by atoms with Gasteiger partial charge in [-0.1, -0.05) is 30.7 Å². The van der Waals surface area contributed by atoms with Crippen LogP contribution in [0.25, 0.3) is 0 Å². The van der Waals surface area contributed by atoms with Gasteiger partial charge >= 0.3 is 0 Å². The number of thiophene rings is 1. The van der Waals surface area contributed by atoms with Crippen molar-refractivity contribution in [3.8, 4) is 5.75 Å². The average Bonchev–Trinajstić information content (AvgIpc) is 3.21. The van der Waals surface area contributed by atoms with Gasteiger partial charge in [0.2, 0.25) is 11.8 Å². The predicted octanol–water partition coefficient (Wildman–Crippen LogP) is 3.99. The molecular formula is C23H28N2O3S. The molecule has 29 heavy (non-hydrogen) atoms. The number of fused-ring (bicyclic) bond motifs is 1. The molecule has 1 aromatic heterocycles. The summed E-state index contributed by atoms with van der Waals surface area (Å²) in [6, 6.07) is 9.86. The second-order valence-electron chi connectivity index (χ2n) is 7.19. The maximum Gasteiger partial charge on any atom is 0.242 e. The number of ether oxygens (including phenoxy) is 1. The van der Waals surface area contributed by atoms with Crippen LogP contribution in [0, 0.1) is 6.92 Å². The number of carbonyl (C=O) groups is 2. The Morgan fingerprint density at radius 2 is 2.07 bits per heavy atom. The molecule has 1 aliphatic rings. The summed E-state index contributed by atoms with van der Waals surface area (Å²) in [4.78, 5) is 30.1. The number of nitrogens with zero attached hydrogens (tertiary/aromatic N) is 2. The smallest absolute Gasteiger partial charge is 0.242 e. The lowest BCUT2D eigenvalue weighted by Crippen LogP contribution is -2.47. The third kappa shape index (κ3) is 5.07. The summed E-state index contributed by atoms with van der Waals surface area (Å²) >= 11 is 1.73. The van der Waals surface area contributed by atoms with E-state index in [0.29, 0.717) is 26.1 Å². The highest BCUT2D eigenvalue weighted by atomic mass is 32.1. The van der Waals surface area contributed by atoms with E-state index in [1.165, 1.54) is 10.4 Å². The fourth-order valence-electron chi connectivity index (χ4n) is 3.57.